The maximum absolute atomic E-state index is 14.1. The monoisotopic (exact) mass is 369 g/mol. The molecule has 130 valence electrons. The van der Waals surface area contributed by atoms with Crippen molar-refractivity contribution in [2.75, 3.05) is 0 Å². The zero-order valence-electron chi connectivity index (χ0n) is 12.7. The van der Waals surface area contributed by atoms with E-state index in [0.29, 0.717) is 0 Å². The van der Waals surface area contributed by atoms with E-state index in [-0.39, 0.29) is 33.2 Å². The molecule has 1 aliphatic carbocycles. The van der Waals surface area contributed by atoms with Crippen molar-refractivity contribution in [3.63, 3.8) is 0 Å². The number of hydrogen-bond acceptors (Lipinski definition) is 4. The molecule has 1 aliphatic rings. The summed E-state index contributed by atoms with van der Waals surface area (Å²) in [6.07, 6.45) is -2.32. The van der Waals surface area contributed by atoms with E-state index in [2.05, 4.69) is 0 Å². The van der Waals surface area contributed by atoms with E-state index in [0.717, 1.165) is 25.1 Å². The van der Waals surface area contributed by atoms with E-state index < -0.39 is 23.4 Å². The van der Waals surface area contributed by atoms with Crippen molar-refractivity contribution >= 4 is 11.6 Å². The van der Waals surface area contributed by atoms with Gasteiger partial charge < -0.3 is 14.9 Å². The van der Waals surface area contributed by atoms with Gasteiger partial charge in [-0.2, -0.15) is 14.0 Å². The minimum atomic E-state index is -3.84. The fourth-order valence-electron chi connectivity index (χ4n) is 2.78. The second-order valence-corrected chi connectivity index (χ2v) is 6.20. The topological polar surface area (TPSA) is 73.5 Å². The highest BCUT2D eigenvalue weighted by atomic mass is 35.5. The van der Waals surface area contributed by atoms with Gasteiger partial charge in [-0.15, -0.1) is 0 Å². The average Bonchev–Trinajstić information content (AvgIpc) is 2.67. The molecule has 0 aliphatic heterocycles. The highest BCUT2D eigenvalue weighted by molar-refractivity contribution is 6.33. The summed E-state index contributed by atoms with van der Waals surface area (Å²) in [5.41, 5.74) is -3.18. The number of aliphatic hydroxyl groups is 2. The van der Waals surface area contributed by atoms with E-state index in [9.17, 15) is 23.4 Å². The summed E-state index contributed by atoms with van der Waals surface area (Å²) >= 11 is 6.08. The molecule has 3 rings (SSSR count). The maximum atomic E-state index is 14.1. The van der Waals surface area contributed by atoms with E-state index >= 15 is 0 Å². The number of halogens is 4. The lowest BCUT2D eigenvalue weighted by atomic mass is 9.96. The maximum Gasteiger partial charge on any atom is 0.309 e. The molecule has 0 bridgehead atoms. The normalized spacial score (nSPS) is 23.8. The minimum absolute atomic E-state index is 0.00165. The molecule has 2 aromatic rings. The Kier molecular flexibility index (Phi) is 3.95. The highest BCUT2D eigenvalue weighted by Crippen LogP contribution is 2.57. The first-order chi connectivity index (χ1) is 11.6. The summed E-state index contributed by atoms with van der Waals surface area (Å²) in [7, 11) is 0. The van der Waals surface area contributed by atoms with Crippen molar-refractivity contribution in [3.8, 4) is 17.6 Å². The zero-order chi connectivity index (χ0) is 18.6. The van der Waals surface area contributed by atoms with Crippen LogP contribution in [0.4, 0.5) is 13.2 Å². The Morgan fingerprint density at radius 2 is 1.96 bits per heavy atom. The summed E-state index contributed by atoms with van der Waals surface area (Å²) in [6.45, 7) is 0.880. The van der Waals surface area contributed by atoms with Crippen LogP contribution in [0.1, 0.15) is 29.7 Å². The van der Waals surface area contributed by atoms with Crippen LogP contribution in [0.25, 0.3) is 0 Å². The second kappa shape index (κ2) is 5.63. The van der Waals surface area contributed by atoms with Crippen LogP contribution >= 0.6 is 11.6 Å². The van der Waals surface area contributed by atoms with Gasteiger partial charge in [0.2, 0.25) is 0 Å². The van der Waals surface area contributed by atoms with Crippen LogP contribution in [-0.4, -0.2) is 16.1 Å². The molecule has 0 heterocycles. The predicted octanol–water partition coefficient (Wildman–Crippen LogP) is 4.03. The van der Waals surface area contributed by atoms with Gasteiger partial charge in [0.25, 0.3) is 0 Å². The number of benzene rings is 2. The number of rotatable bonds is 2. The molecular weight excluding hydrogens is 359 g/mol. The lowest BCUT2D eigenvalue weighted by molar-refractivity contribution is -0.215. The smallest absolute Gasteiger partial charge is 0.309 e. The zero-order valence-corrected chi connectivity index (χ0v) is 13.5. The van der Waals surface area contributed by atoms with Crippen molar-refractivity contribution < 1.29 is 28.1 Å². The summed E-state index contributed by atoms with van der Waals surface area (Å²) in [5, 5.41) is 28.5. The van der Waals surface area contributed by atoms with Crippen molar-refractivity contribution in [2.24, 2.45) is 0 Å². The lowest BCUT2D eigenvalue weighted by Crippen LogP contribution is -2.41. The third kappa shape index (κ3) is 2.54. The summed E-state index contributed by atoms with van der Waals surface area (Å²) in [5.74, 6) is -4.75. The fraction of sp³-hybridized carbons (Fsp3) is 0.235. The Balaban J connectivity index is 2.07. The Morgan fingerprint density at radius 3 is 2.60 bits per heavy atom. The third-order valence-corrected chi connectivity index (χ3v) is 4.55. The van der Waals surface area contributed by atoms with Gasteiger partial charge in [0.1, 0.15) is 23.4 Å². The lowest BCUT2D eigenvalue weighted by Gasteiger charge is -2.27. The van der Waals surface area contributed by atoms with Gasteiger partial charge in [0, 0.05) is 11.6 Å². The van der Waals surface area contributed by atoms with Crippen LogP contribution in [0.15, 0.2) is 30.3 Å². The number of alkyl halides is 2. The molecular formula is C17H11ClF3NO3. The van der Waals surface area contributed by atoms with Crippen LogP contribution in [0.2, 0.25) is 5.02 Å². The molecule has 0 fully saturated rings. The molecule has 0 saturated heterocycles. The van der Waals surface area contributed by atoms with E-state index in [1.165, 1.54) is 12.1 Å². The van der Waals surface area contributed by atoms with Gasteiger partial charge in [-0.3, -0.25) is 0 Å². The summed E-state index contributed by atoms with van der Waals surface area (Å²) in [6, 6.07) is 7.37. The number of ether oxygens (including phenoxy) is 1. The molecule has 2 unspecified atom stereocenters. The van der Waals surface area contributed by atoms with Crippen LogP contribution in [0.3, 0.4) is 0 Å². The number of nitrogens with zero attached hydrogens (tertiary/aromatic N) is 1. The number of fused-ring (bicyclic) bond motifs is 1. The van der Waals surface area contributed by atoms with Crippen molar-refractivity contribution in [1.82, 2.24) is 0 Å². The predicted molar refractivity (Wildman–Crippen MR) is 82.1 cm³/mol. The Morgan fingerprint density at radius 1 is 1.28 bits per heavy atom. The van der Waals surface area contributed by atoms with Gasteiger partial charge in [0.15, 0.2) is 5.60 Å². The number of nitriles is 1. The molecule has 2 N–H and O–H groups in total. The molecule has 2 atom stereocenters. The SMILES string of the molecule is CC1(O)c2ccc(Oc3cc(F)cc(C#N)c3)c(Cl)c2C(O)C1(F)F. The molecule has 4 nitrogen and oxygen atoms in total. The fourth-order valence-corrected chi connectivity index (χ4v) is 3.09. The number of hydrogen-bond donors (Lipinski definition) is 2. The molecule has 0 radical (unpaired) electrons. The van der Waals surface area contributed by atoms with Crippen LogP contribution in [0, 0.1) is 17.1 Å². The van der Waals surface area contributed by atoms with E-state index in [4.69, 9.17) is 21.6 Å². The molecule has 2 aromatic carbocycles. The molecule has 25 heavy (non-hydrogen) atoms. The Labute approximate surface area is 145 Å². The Bertz CT molecular complexity index is 909. The summed E-state index contributed by atoms with van der Waals surface area (Å²) < 4.78 is 47.1. The Hall–Kier alpha value is -2.27. The minimum Gasteiger partial charge on any atom is -0.456 e. The molecule has 8 heteroatoms. The van der Waals surface area contributed by atoms with Crippen molar-refractivity contribution in [2.45, 2.75) is 24.6 Å². The quantitative estimate of drug-likeness (QED) is 0.838. The first-order valence-corrected chi connectivity index (χ1v) is 7.47. The average molecular weight is 370 g/mol. The van der Waals surface area contributed by atoms with E-state index in [1.54, 1.807) is 6.07 Å². The van der Waals surface area contributed by atoms with Gasteiger partial charge in [0.05, 0.1) is 16.7 Å². The van der Waals surface area contributed by atoms with Crippen molar-refractivity contribution in [1.29, 1.82) is 5.26 Å². The number of aliphatic hydroxyl groups excluding tert-OH is 1. The van der Waals surface area contributed by atoms with Gasteiger partial charge in [-0.05, 0) is 30.7 Å². The van der Waals surface area contributed by atoms with Crippen LogP contribution < -0.4 is 4.74 Å². The van der Waals surface area contributed by atoms with E-state index in [1.807, 2.05) is 0 Å². The first kappa shape index (κ1) is 17.5. The van der Waals surface area contributed by atoms with Crippen LogP contribution in [-0.2, 0) is 5.60 Å². The second-order valence-electron chi connectivity index (χ2n) is 5.83. The largest absolute Gasteiger partial charge is 0.456 e. The standard InChI is InChI=1S/C17H11ClF3NO3/c1-16(24)11-2-3-12(14(18)13(11)15(23)17(16,20)21)25-10-5-8(7-22)4-9(19)6-10/h2-6,15,23-24H,1H3. The highest BCUT2D eigenvalue weighted by Gasteiger charge is 2.63. The molecule has 0 amide bonds. The van der Waals surface area contributed by atoms with Gasteiger partial charge >= 0.3 is 5.92 Å². The first-order valence-electron chi connectivity index (χ1n) is 7.09. The third-order valence-electron chi connectivity index (χ3n) is 4.16. The van der Waals surface area contributed by atoms with Crippen molar-refractivity contribution in [3.05, 3.63) is 57.9 Å². The molecule has 0 saturated carbocycles. The molecule has 0 spiro atoms. The van der Waals surface area contributed by atoms with Gasteiger partial charge in [-0.1, -0.05) is 17.7 Å². The van der Waals surface area contributed by atoms with Crippen LogP contribution in [0.5, 0.6) is 11.5 Å². The summed E-state index contributed by atoms with van der Waals surface area (Å²) in [4.78, 5) is 0. The van der Waals surface area contributed by atoms with Gasteiger partial charge in [-0.25, -0.2) is 4.39 Å². The molecule has 0 aromatic heterocycles.